The average Bonchev–Trinajstić information content (AvgIpc) is 2.34. The van der Waals surface area contributed by atoms with E-state index in [4.69, 9.17) is 5.84 Å². The Kier molecular flexibility index (Phi) is 4.29. The van der Waals surface area contributed by atoms with Gasteiger partial charge in [-0.25, -0.2) is 14.2 Å². The zero-order valence-corrected chi connectivity index (χ0v) is 11.8. The Morgan fingerprint density at radius 2 is 1.63 bits per heavy atom. The molecule has 2 aromatic carbocycles. The van der Waals surface area contributed by atoms with Crippen LogP contribution in [0.25, 0.3) is 0 Å². The van der Waals surface area contributed by atoms with Gasteiger partial charge < -0.3 is 0 Å². The van der Waals surface area contributed by atoms with Gasteiger partial charge in [0.2, 0.25) is 0 Å². The highest BCUT2D eigenvalue weighted by Crippen LogP contribution is 2.30. The Hall–Kier alpha value is -1.30. The van der Waals surface area contributed by atoms with E-state index in [0.717, 1.165) is 16.7 Å². The molecule has 3 N–H and O–H groups in total. The van der Waals surface area contributed by atoms with Crippen molar-refractivity contribution in [1.82, 2.24) is 5.43 Å². The van der Waals surface area contributed by atoms with E-state index in [1.165, 1.54) is 24.3 Å². The Balaban J connectivity index is 2.50. The molecule has 0 bridgehead atoms. The SMILES string of the molecule is Cc1cc(F)ccc1C(NN)c1ccc(F)cc1Br. The first-order chi connectivity index (χ1) is 9.02. The molecular formula is C14H13BrF2N2. The van der Waals surface area contributed by atoms with Crippen LogP contribution < -0.4 is 11.3 Å². The number of hydrogen-bond donors (Lipinski definition) is 2. The molecule has 0 saturated heterocycles. The van der Waals surface area contributed by atoms with E-state index in [1.807, 2.05) is 0 Å². The monoisotopic (exact) mass is 326 g/mol. The fourth-order valence-electron chi connectivity index (χ4n) is 2.05. The summed E-state index contributed by atoms with van der Waals surface area (Å²) in [7, 11) is 0. The lowest BCUT2D eigenvalue weighted by Crippen LogP contribution is -2.29. The lowest BCUT2D eigenvalue weighted by Gasteiger charge is -2.20. The summed E-state index contributed by atoms with van der Waals surface area (Å²) in [6.07, 6.45) is 0. The van der Waals surface area contributed by atoms with Crippen molar-refractivity contribution >= 4 is 15.9 Å². The van der Waals surface area contributed by atoms with Crippen LogP contribution in [-0.2, 0) is 0 Å². The molecule has 5 heteroatoms. The van der Waals surface area contributed by atoms with Crippen molar-refractivity contribution in [2.24, 2.45) is 5.84 Å². The van der Waals surface area contributed by atoms with Crippen LogP contribution in [0.15, 0.2) is 40.9 Å². The Bertz CT molecular complexity index is 550. The van der Waals surface area contributed by atoms with E-state index in [9.17, 15) is 8.78 Å². The summed E-state index contributed by atoms with van der Waals surface area (Å²) in [6, 6.07) is 8.54. The molecule has 1 atom stereocenters. The van der Waals surface area contributed by atoms with Gasteiger partial charge in [0.25, 0.3) is 0 Å². The summed E-state index contributed by atoms with van der Waals surface area (Å²) < 4.78 is 26.9. The van der Waals surface area contributed by atoms with E-state index < -0.39 is 0 Å². The maximum absolute atomic E-state index is 13.1. The van der Waals surface area contributed by atoms with Gasteiger partial charge in [0, 0.05) is 4.47 Å². The minimum absolute atomic E-state index is 0.296. The number of nitrogens with two attached hydrogens (primary N) is 1. The van der Waals surface area contributed by atoms with Gasteiger partial charge in [-0.05, 0) is 47.9 Å². The Morgan fingerprint density at radius 3 is 2.16 bits per heavy atom. The van der Waals surface area contributed by atoms with E-state index in [2.05, 4.69) is 21.4 Å². The molecule has 19 heavy (non-hydrogen) atoms. The van der Waals surface area contributed by atoms with Crippen LogP contribution >= 0.6 is 15.9 Å². The van der Waals surface area contributed by atoms with Gasteiger partial charge in [-0.15, -0.1) is 0 Å². The first-order valence-electron chi connectivity index (χ1n) is 5.70. The second kappa shape index (κ2) is 5.77. The van der Waals surface area contributed by atoms with Crippen LogP contribution in [0, 0.1) is 18.6 Å². The summed E-state index contributed by atoms with van der Waals surface area (Å²) >= 11 is 3.32. The van der Waals surface area contributed by atoms with E-state index in [-0.39, 0.29) is 17.7 Å². The minimum atomic E-state index is -0.337. The number of benzene rings is 2. The molecule has 0 saturated carbocycles. The van der Waals surface area contributed by atoms with Crippen molar-refractivity contribution < 1.29 is 8.78 Å². The highest BCUT2D eigenvalue weighted by molar-refractivity contribution is 9.10. The Labute approximate surface area is 118 Å². The zero-order valence-electron chi connectivity index (χ0n) is 10.3. The predicted molar refractivity (Wildman–Crippen MR) is 74.4 cm³/mol. The Morgan fingerprint density at radius 1 is 1.05 bits per heavy atom. The highest BCUT2D eigenvalue weighted by Gasteiger charge is 2.17. The zero-order chi connectivity index (χ0) is 14.0. The number of aryl methyl sites for hydroxylation is 1. The fourth-order valence-corrected chi connectivity index (χ4v) is 2.63. The molecule has 0 aliphatic carbocycles. The minimum Gasteiger partial charge on any atom is -0.271 e. The van der Waals surface area contributed by atoms with Gasteiger partial charge in [0.1, 0.15) is 11.6 Å². The number of nitrogens with one attached hydrogen (secondary N) is 1. The molecule has 0 aromatic heterocycles. The van der Waals surface area contributed by atoms with Crippen LogP contribution in [0.5, 0.6) is 0 Å². The topological polar surface area (TPSA) is 38.0 Å². The molecule has 100 valence electrons. The van der Waals surface area contributed by atoms with Crippen molar-refractivity contribution in [3.05, 3.63) is 69.2 Å². The largest absolute Gasteiger partial charge is 0.271 e. The summed E-state index contributed by atoms with van der Waals surface area (Å²) in [5, 5.41) is 0. The van der Waals surface area contributed by atoms with Crippen LogP contribution in [0.3, 0.4) is 0 Å². The van der Waals surface area contributed by atoms with Crippen molar-refractivity contribution in [3.8, 4) is 0 Å². The summed E-state index contributed by atoms with van der Waals surface area (Å²) in [4.78, 5) is 0. The number of halogens is 3. The van der Waals surface area contributed by atoms with Gasteiger partial charge >= 0.3 is 0 Å². The normalized spacial score (nSPS) is 12.5. The molecule has 0 aliphatic heterocycles. The molecule has 0 aliphatic rings. The van der Waals surface area contributed by atoms with Crippen LogP contribution in [-0.4, -0.2) is 0 Å². The molecule has 1 unspecified atom stereocenters. The van der Waals surface area contributed by atoms with Gasteiger partial charge in [-0.1, -0.05) is 28.1 Å². The van der Waals surface area contributed by atoms with E-state index >= 15 is 0 Å². The fraction of sp³-hybridized carbons (Fsp3) is 0.143. The molecule has 0 radical (unpaired) electrons. The van der Waals surface area contributed by atoms with Crippen molar-refractivity contribution in [2.45, 2.75) is 13.0 Å². The predicted octanol–water partition coefficient (Wildman–Crippen LogP) is 3.59. The molecule has 2 nitrogen and oxygen atoms in total. The third kappa shape index (κ3) is 3.00. The van der Waals surface area contributed by atoms with Crippen molar-refractivity contribution in [3.63, 3.8) is 0 Å². The quantitative estimate of drug-likeness (QED) is 0.668. The van der Waals surface area contributed by atoms with Crippen LogP contribution in [0.2, 0.25) is 0 Å². The summed E-state index contributed by atoms with van der Waals surface area (Å²) in [5.74, 6) is 4.96. The lowest BCUT2D eigenvalue weighted by atomic mass is 9.95. The second-order valence-corrected chi connectivity index (χ2v) is 5.12. The average molecular weight is 327 g/mol. The second-order valence-electron chi connectivity index (χ2n) is 4.27. The maximum atomic E-state index is 13.1. The standard InChI is InChI=1S/C14H13BrF2N2/c1-8-6-9(16)2-4-11(8)14(19-18)12-5-3-10(17)7-13(12)15/h2-7,14,19H,18H2,1H3. The van der Waals surface area contributed by atoms with Crippen molar-refractivity contribution in [1.29, 1.82) is 0 Å². The highest BCUT2D eigenvalue weighted by atomic mass is 79.9. The van der Waals surface area contributed by atoms with E-state index in [1.54, 1.807) is 19.1 Å². The first kappa shape index (κ1) is 14.1. The molecule has 2 aromatic rings. The van der Waals surface area contributed by atoms with Gasteiger partial charge in [0.15, 0.2) is 0 Å². The molecule has 2 rings (SSSR count). The number of hydrazine groups is 1. The number of rotatable bonds is 3. The lowest BCUT2D eigenvalue weighted by molar-refractivity contribution is 0.604. The van der Waals surface area contributed by atoms with Crippen LogP contribution in [0.1, 0.15) is 22.7 Å². The first-order valence-corrected chi connectivity index (χ1v) is 6.49. The molecule has 0 spiro atoms. The molecule has 0 amide bonds. The molecule has 0 fully saturated rings. The van der Waals surface area contributed by atoms with Gasteiger partial charge in [-0.3, -0.25) is 5.84 Å². The summed E-state index contributed by atoms with van der Waals surface area (Å²) in [5.41, 5.74) is 5.09. The summed E-state index contributed by atoms with van der Waals surface area (Å²) in [6.45, 7) is 1.81. The van der Waals surface area contributed by atoms with E-state index in [0.29, 0.717) is 4.47 Å². The van der Waals surface area contributed by atoms with Gasteiger partial charge in [0.05, 0.1) is 6.04 Å². The maximum Gasteiger partial charge on any atom is 0.124 e. The van der Waals surface area contributed by atoms with Crippen molar-refractivity contribution in [2.75, 3.05) is 0 Å². The molecular weight excluding hydrogens is 314 g/mol. The van der Waals surface area contributed by atoms with Crippen LogP contribution in [0.4, 0.5) is 8.78 Å². The van der Waals surface area contributed by atoms with Gasteiger partial charge in [-0.2, -0.15) is 0 Å². The molecule has 0 heterocycles. The smallest absolute Gasteiger partial charge is 0.124 e. The number of hydrogen-bond acceptors (Lipinski definition) is 2. The third-order valence-corrected chi connectivity index (χ3v) is 3.67. The third-order valence-electron chi connectivity index (χ3n) is 2.98.